The van der Waals surface area contributed by atoms with Gasteiger partial charge in [0.25, 0.3) is 5.91 Å². The zero-order valence-electron chi connectivity index (χ0n) is 14.6. The van der Waals surface area contributed by atoms with Crippen molar-refractivity contribution in [2.45, 2.75) is 45.2 Å². The fraction of sp³-hybridized carbons (Fsp3) is 0.556. The molecule has 1 aliphatic carbocycles. The first kappa shape index (κ1) is 21.3. The second kappa shape index (κ2) is 10.9. The van der Waals surface area contributed by atoms with Gasteiger partial charge < -0.3 is 21.1 Å². The maximum absolute atomic E-state index is 12.0. The van der Waals surface area contributed by atoms with Crippen molar-refractivity contribution < 1.29 is 14.3 Å². The molecular weight excluding hydrogens is 342 g/mol. The van der Waals surface area contributed by atoms with Crippen LogP contribution in [-0.2, 0) is 16.1 Å². The Morgan fingerprint density at radius 2 is 2.04 bits per heavy atom. The number of hydrogen-bond acceptors (Lipinski definition) is 4. The molecule has 7 heteroatoms. The Morgan fingerprint density at radius 1 is 1.24 bits per heavy atom. The molecule has 2 rings (SSSR count). The van der Waals surface area contributed by atoms with Crippen LogP contribution in [0.25, 0.3) is 0 Å². The highest BCUT2D eigenvalue weighted by Crippen LogP contribution is 2.26. The van der Waals surface area contributed by atoms with Crippen molar-refractivity contribution in [3.05, 3.63) is 29.8 Å². The SMILES string of the molecule is CCNC(=O)COc1cccc(CNC(=O)C[C@@H]2CCC[C@H]2N)c1.Cl. The standard InChI is InChI=1S/C18H27N3O3.ClH/c1-2-20-18(23)12-24-15-7-3-5-13(9-15)11-21-17(22)10-14-6-4-8-16(14)19;/h3,5,7,9,14,16H,2,4,6,8,10-12,19H2,1H3,(H,20,23)(H,21,22);1H/t14-,16+;/m0./s1. The van der Waals surface area contributed by atoms with Crippen LogP contribution in [0.2, 0.25) is 0 Å². The fourth-order valence-electron chi connectivity index (χ4n) is 2.97. The molecule has 1 aliphatic rings. The lowest BCUT2D eigenvalue weighted by atomic mass is 10.00. The molecule has 0 radical (unpaired) electrons. The summed E-state index contributed by atoms with van der Waals surface area (Å²) in [4.78, 5) is 23.4. The number of nitrogens with one attached hydrogen (secondary N) is 2. The highest BCUT2D eigenvalue weighted by atomic mass is 35.5. The largest absolute Gasteiger partial charge is 0.484 e. The van der Waals surface area contributed by atoms with E-state index in [0.717, 1.165) is 24.8 Å². The summed E-state index contributed by atoms with van der Waals surface area (Å²) in [5.41, 5.74) is 6.94. The number of benzene rings is 1. The first-order valence-corrected chi connectivity index (χ1v) is 8.59. The maximum atomic E-state index is 12.0. The van der Waals surface area contributed by atoms with Crippen molar-refractivity contribution in [2.24, 2.45) is 11.7 Å². The van der Waals surface area contributed by atoms with E-state index < -0.39 is 0 Å². The Kier molecular flexibility index (Phi) is 9.31. The lowest BCUT2D eigenvalue weighted by molar-refractivity contribution is -0.123. The lowest BCUT2D eigenvalue weighted by Gasteiger charge is -2.15. The predicted molar refractivity (Wildman–Crippen MR) is 99.6 cm³/mol. The van der Waals surface area contributed by atoms with Gasteiger partial charge in [0, 0.05) is 25.6 Å². The third-order valence-corrected chi connectivity index (χ3v) is 4.30. The third-order valence-electron chi connectivity index (χ3n) is 4.30. The highest BCUT2D eigenvalue weighted by molar-refractivity contribution is 5.85. The molecular formula is C18H28ClN3O3. The molecule has 0 bridgehead atoms. The van der Waals surface area contributed by atoms with Crippen LogP contribution in [0.5, 0.6) is 5.75 Å². The van der Waals surface area contributed by atoms with Gasteiger partial charge in [-0.1, -0.05) is 18.6 Å². The first-order valence-electron chi connectivity index (χ1n) is 8.59. The average molecular weight is 370 g/mol. The molecule has 1 saturated carbocycles. The number of hydrogen-bond donors (Lipinski definition) is 3. The molecule has 1 aromatic carbocycles. The molecule has 1 aromatic rings. The molecule has 1 fully saturated rings. The van der Waals surface area contributed by atoms with Gasteiger partial charge in [0.1, 0.15) is 5.75 Å². The Balaban J connectivity index is 0.00000312. The Labute approximate surface area is 155 Å². The summed E-state index contributed by atoms with van der Waals surface area (Å²) in [7, 11) is 0. The topological polar surface area (TPSA) is 93.5 Å². The molecule has 0 saturated heterocycles. The summed E-state index contributed by atoms with van der Waals surface area (Å²) in [6.45, 7) is 2.88. The number of halogens is 1. The van der Waals surface area contributed by atoms with E-state index in [4.69, 9.17) is 10.5 Å². The van der Waals surface area contributed by atoms with Crippen molar-refractivity contribution in [1.29, 1.82) is 0 Å². The van der Waals surface area contributed by atoms with Crippen LogP contribution >= 0.6 is 12.4 Å². The van der Waals surface area contributed by atoms with Crippen molar-refractivity contribution >= 4 is 24.2 Å². The van der Waals surface area contributed by atoms with Gasteiger partial charge in [-0.05, 0) is 43.4 Å². The summed E-state index contributed by atoms with van der Waals surface area (Å²) >= 11 is 0. The number of nitrogens with two attached hydrogens (primary N) is 1. The molecule has 0 heterocycles. The van der Waals surface area contributed by atoms with E-state index in [0.29, 0.717) is 31.2 Å². The quantitative estimate of drug-likeness (QED) is 0.650. The van der Waals surface area contributed by atoms with Gasteiger partial charge in [-0.3, -0.25) is 9.59 Å². The normalized spacial score (nSPS) is 19.0. The molecule has 140 valence electrons. The van der Waals surface area contributed by atoms with E-state index in [-0.39, 0.29) is 36.9 Å². The lowest BCUT2D eigenvalue weighted by Crippen LogP contribution is -2.31. The van der Waals surface area contributed by atoms with E-state index in [1.54, 1.807) is 6.07 Å². The van der Waals surface area contributed by atoms with Crippen molar-refractivity contribution in [3.8, 4) is 5.75 Å². The van der Waals surface area contributed by atoms with Crippen LogP contribution < -0.4 is 21.1 Å². The van der Waals surface area contributed by atoms with Gasteiger partial charge in [0.2, 0.25) is 5.91 Å². The Hall–Kier alpha value is -1.79. The average Bonchev–Trinajstić information content (AvgIpc) is 2.97. The number of carbonyl (C=O) groups excluding carboxylic acids is 2. The predicted octanol–water partition coefficient (Wildman–Crippen LogP) is 1.76. The summed E-state index contributed by atoms with van der Waals surface area (Å²) in [5.74, 6) is 0.803. The monoisotopic (exact) mass is 369 g/mol. The van der Waals surface area contributed by atoms with Crippen molar-refractivity contribution in [2.75, 3.05) is 13.2 Å². The number of ether oxygens (including phenoxy) is 1. The van der Waals surface area contributed by atoms with Gasteiger partial charge in [0.05, 0.1) is 0 Å². The molecule has 4 N–H and O–H groups in total. The molecule has 6 nitrogen and oxygen atoms in total. The zero-order chi connectivity index (χ0) is 17.4. The smallest absolute Gasteiger partial charge is 0.257 e. The zero-order valence-corrected chi connectivity index (χ0v) is 15.4. The number of amides is 2. The van der Waals surface area contributed by atoms with Crippen molar-refractivity contribution in [1.82, 2.24) is 10.6 Å². The minimum atomic E-state index is -0.149. The van der Waals surface area contributed by atoms with Crippen molar-refractivity contribution in [3.63, 3.8) is 0 Å². The fourth-order valence-corrected chi connectivity index (χ4v) is 2.97. The second-order valence-electron chi connectivity index (χ2n) is 6.23. The van der Waals surface area contributed by atoms with Crippen LogP contribution in [0.3, 0.4) is 0 Å². The van der Waals surface area contributed by atoms with Crippen LogP contribution in [0.1, 0.15) is 38.2 Å². The van der Waals surface area contributed by atoms with Crippen LogP contribution in [0, 0.1) is 5.92 Å². The second-order valence-corrected chi connectivity index (χ2v) is 6.23. The van der Waals surface area contributed by atoms with E-state index in [1.165, 1.54) is 0 Å². The molecule has 2 amide bonds. The van der Waals surface area contributed by atoms with Gasteiger partial charge in [-0.2, -0.15) is 0 Å². The molecule has 25 heavy (non-hydrogen) atoms. The number of carbonyl (C=O) groups is 2. The van der Waals surface area contributed by atoms with Gasteiger partial charge in [-0.25, -0.2) is 0 Å². The van der Waals surface area contributed by atoms with Crippen LogP contribution in [-0.4, -0.2) is 31.0 Å². The summed E-state index contributed by atoms with van der Waals surface area (Å²) in [5, 5.41) is 5.61. The van der Waals surface area contributed by atoms with E-state index >= 15 is 0 Å². The van der Waals surface area contributed by atoms with Gasteiger partial charge in [-0.15, -0.1) is 12.4 Å². The van der Waals surface area contributed by atoms with Gasteiger partial charge in [0.15, 0.2) is 6.61 Å². The van der Waals surface area contributed by atoms with Crippen LogP contribution in [0.4, 0.5) is 0 Å². The molecule has 0 aromatic heterocycles. The Bertz CT molecular complexity index is 568. The summed E-state index contributed by atoms with van der Waals surface area (Å²) < 4.78 is 5.45. The molecule has 2 atom stereocenters. The number of likely N-dealkylation sites (N-methyl/N-ethyl adjacent to an activating group) is 1. The molecule has 0 unspecified atom stereocenters. The first-order chi connectivity index (χ1) is 11.6. The van der Waals surface area contributed by atoms with E-state index in [9.17, 15) is 9.59 Å². The van der Waals surface area contributed by atoms with Gasteiger partial charge >= 0.3 is 0 Å². The minimum Gasteiger partial charge on any atom is -0.484 e. The van der Waals surface area contributed by atoms with E-state index in [1.807, 2.05) is 25.1 Å². The summed E-state index contributed by atoms with van der Waals surface area (Å²) in [6.07, 6.45) is 3.67. The number of rotatable bonds is 8. The molecule has 0 spiro atoms. The Morgan fingerprint density at radius 3 is 2.72 bits per heavy atom. The minimum absolute atomic E-state index is 0. The molecule has 0 aliphatic heterocycles. The van der Waals surface area contributed by atoms with Crippen LogP contribution in [0.15, 0.2) is 24.3 Å². The third kappa shape index (κ3) is 7.32. The maximum Gasteiger partial charge on any atom is 0.257 e. The van der Waals surface area contributed by atoms with E-state index in [2.05, 4.69) is 10.6 Å². The summed E-state index contributed by atoms with van der Waals surface area (Å²) in [6, 6.07) is 7.55. The highest BCUT2D eigenvalue weighted by Gasteiger charge is 2.25.